The van der Waals surface area contributed by atoms with Gasteiger partial charge in [-0.3, -0.25) is 0 Å². The Morgan fingerprint density at radius 2 is 2.08 bits per heavy atom. The topological polar surface area (TPSA) is 9.23 Å². The summed E-state index contributed by atoms with van der Waals surface area (Å²) in [6.45, 7) is 0.615. The summed E-state index contributed by atoms with van der Waals surface area (Å²) >= 11 is 0. The van der Waals surface area contributed by atoms with Crippen molar-refractivity contribution in [1.29, 1.82) is 0 Å². The molecule has 1 aromatic rings. The van der Waals surface area contributed by atoms with Crippen molar-refractivity contribution in [3.8, 4) is 11.8 Å². The Morgan fingerprint density at radius 1 is 1.31 bits per heavy atom. The number of allylic oxidation sites excluding steroid dienone is 1. The molecule has 1 rings (SSSR count). The first kappa shape index (κ1) is 9.57. The molecule has 13 heavy (non-hydrogen) atoms. The van der Waals surface area contributed by atoms with Gasteiger partial charge in [0.25, 0.3) is 0 Å². The molecule has 0 saturated carbocycles. The molecule has 0 aliphatic heterocycles. The van der Waals surface area contributed by atoms with E-state index in [-0.39, 0.29) is 0 Å². The summed E-state index contributed by atoms with van der Waals surface area (Å²) in [7, 11) is 1.66. The minimum absolute atomic E-state index is 0.615. The van der Waals surface area contributed by atoms with E-state index in [4.69, 9.17) is 4.74 Å². The lowest BCUT2D eigenvalue weighted by atomic mass is 10.2. The third-order valence-electron chi connectivity index (χ3n) is 1.45. The minimum atomic E-state index is 0.615. The van der Waals surface area contributed by atoms with Crippen molar-refractivity contribution < 1.29 is 4.74 Å². The fourth-order valence-corrected chi connectivity index (χ4v) is 0.850. The van der Waals surface area contributed by atoms with E-state index >= 15 is 0 Å². The second-order valence-corrected chi connectivity index (χ2v) is 2.49. The highest BCUT2D eigenvalue weighted by molar-refractivity contribution is 5.36. The van der Waals surface area contributed by atoms with E-state index in [1.807, 2.05) is 36.4 Å². The van der Waals surface area contributed by atoms with E-state index in [1.54, 1.807) is 13.2 Å². The van der Waals surface area contributed by atoms with E-state index in [9.17, 15) is 0 Å². The van der Waals surface area contributed by atoms with Crippen LogP contribution in [0.3, 0.4) is 0 Å². The summed E-state index contributed by atoms with van der Waals surface area (Å²) in [5.41, 5.74) is 1.03. The second kappa shape index (κ2) is 6.05. The molecule has 0 radical (unpaired) electrons. The van der Waals surface area contributed by atoms with E-state index < -0.39 is 0 Å². The molecular weight excluding hydrogens is 160 g/mol. The van der Waals surface area contributed by atoms with Gasteiger partial charge in [-0.25, -0.2) is 0 Å². The fraction of sp³-hybridized carbons (Fsp3) is 0.167. The van der Waals surface area contributed by atoms with Crippen LogP contribution in [0.5, 0.6) is 0 Å². The van der Waals surface area contributed by atoms with Gasteiger partial charge in [-0.2, -0.15) is 0 Å². The van der Waals surface area contributed by atoms with Gasteiger partial charge in [0, 0.05) is 12.7 Å². The molecule has 0 heterocycles. The first-order chi connectivity index (χ1) is 6.43. The minimum Gasteiger partial charge on any atom is -0.381 e. The van der Waals surface area contributed by atoms with Crippen molar-refractivity contribution in [3.05, 3.63) is 48.0 Å². The Balaban J connectivity index is 2.49. The van der Waals surface area contributed by atoms with Crippen LogP contribution in [0.25, 0.3) is 0 Å². The van der Waals surface area contributed by atoms with Crippen LogP contribution in [0.2, 0.25) is 0 Å². The van der Waals surface area contributed by atoms with Gasteiger partial charge in [-0.05, 0) is 18.2 Å². The normalized spacial score (nSPS) is 9.62. The molecule has 0 aliphatic rings. The van der Waals surface area contributed by atoms with Crippen LogP contribution in [-0.2, 0) is 4.74 Å². The highest BCUT2D eigenvalue weighted by Crippen LogP contribution is 1.94. The zero-order valence-electron chi connectivity index (χ0n) is 7.66. The van der Waals surface area contributed by atoms with Crippen LogP contribution in [0.15, 0.2) is 42.5 Å². The lowest BCUT2D eigenvalue weighted by Gasteiger charge is -1.85. The number of benzene rings is 1. The van der Waals surface area contributed by atoms with Crippen molar-refractivity contribution in [2.75, 3.05) is 13.7 Å². The first-order valence-electron chi connectivity index (χ1n) is 4.14. The molecule has 1 nitrogen and oxygen atoms in total. The maximum absolute atomic E-state index is 4.84. The number of hydrogen-bond donors (Lipinski definition) is 0. The largest absolute Gasteiger partial charge is 0.381 e. The van der Waals surface area contributed by atoms with Crippen LogP contribution >= 0.6 is 0 Å². The second-order valence-electron chi connectivity index (χ2n) is 2.49. The van der Waals surface area contributed by atoms with Crippen molar-refractivity contribution in [2.24, 2.45) is 0 Å². The maximum atomic E-state index is 4.84. The summed E-state index contributed by atoms with van der Waals surface area (Å²) in [5.74, 6) is 5.94. The van der Waals surface area contributed by atoms with Crippen molar-refractivity contribution in [3.63, 3.8) is 0 Å². The van der Waals surface area contributed by atoms with Crippen LogP contribution < -0.4 is 0 Å². The van der Waals surface area contributed by atoms with Crippen LogP contribution in [0, 0.1) is 11.8 Å². The van der Waals surface area contributed by atoms with Crippen molar-refractivity contribution >= 4 is 0 Å². The van der Waals surface area contributed by atoms with Gasteiger partial charge in [0.05, 0.1) is 6.61 Å². The quantitative estimate of drug-likeness (QED) is 0.622. The van der Waals surface area contributed by atoms with Crippen LogP contribution in [-0.4, -0.2) is 13.7 Å². The number of methoxy groups -OCH3 is 1. The Kier molecular flexibility index (Phi) is 4.45. The van der Waals surface area contributed by atoms with E-state index in [0.717, 1.165) is 5.56 Å². The Hall–Kier alpha value is -1.52. The van der Waals surface area contributed by atoms with Gasteiger partial charge in [0.1, 0.15) is 0 Å². The smallest absolute Gasteiger partial charge is 0.0652 e. The van der Waals surface area contributed by atoms with Crippen molar-refractivity contribution in [2.45, 2.75) is 0 Å². The summed E-state index contributed by atoms with van der Waals surface area (Å²) in [6, 6.07) is 9.89. The number of ether oxygens (including phenoxy) is 1. The van der Waals surface area contributed by atoms with Gasteiger partial charge in [-0.15, -0.1) is 0 Å². The molecule has 0 N–H and O–H groups in total. The number of rotatable bonds is 2. The Morgan fingerprint density at radius 3 is 2.77 bits per heavy atom. The summed E-state index contributed by atoms with van der Waals surface area (Å²) in [6.07, 6.45) is 3.69. The summed E-state index contributed by atoms with van der Waals surface area (Å²) in [5, 5.41) is 0. The predicted octanol–water partition coefficient (Wildman–Crippen LogP) is 2.24. The molecule has 0 fully saturated rings. The molecule has 1 heteroatoms. The first-order valence-corrected chi connectivity index (χ1v) is 4.14. The molecule has 0 spiro atoms. The zero-order chi connectivity index (χ0) is 9.36. The van der Waals surface area contributed by atoms with Gasteiger partial charge in [-0.1, -0.05) is 36.1 Å². The van der Waals surface area contributed by atoms with Gasteiger partial charge >= 0.3 is 0 Å². The summed E-state index contributed by atoms with van der Waals surface area (Å²) < 4.78 is 4.84. The third-order valence-corrected chi connectivity index (χ3v) is 1.45. The standard InChI is InChI=1S/C12H12O/c1-13-11-7-3-6-10-12-8-4-2-5-9-12/h2-5,7-9H,11H2,1H3/b7-3-. The SMILES string of the molecule is COC/C=C\C#Cc1ccccc1. The highest BCUT2D eigenvalue weighted by Gasteiger charge is 1.78. The molecule has 1 aromatic carbocycles. The van der Waals surface area contributed by atoms with E-state index in [1.165, 1.54) is 0 Å². The van der Waals surface area contributed by atoms with Crippen LogP contribution in [0.1, 0.15) is 5.56 Å². The molecule has 66 valence electrons. The third kappa shape index (κ3) is 4.15. The maximum Gasteiger partial charge on any atom is 0.0652 e. The lowest BCUT2D eigenvalue weighted by Crippen LogP contribution is -1.78. The zero-order valence-corrected chi connectivity index (χ0v) is 7.66. The monoisotopic (exact) mass is 172 g/mol. The average Bonchev–Trinajstić information content (AvgIpc) is 2.19. The fourth-order valence-electron chi connectivity index (χ4n) is 0.850. The molecule has 0 aromatic heterocycles. The molecule has 0 aliphatic carbocycles. The average molecular weight is 172 g/mol. The Labute approximate surface area is 79.0 Å². The Bertz CT molecular complexity index is 314. The van der Waals surface area contributed by atoms with E-state index in [2.05, 4.69) is 11.8 Å². The molecule has 0 unspecified atom stereocenters. The van der Waals surface area contributed by atoms with E-state index in [0.29, 0.717) is 6.61 Å². The summed E-state index contributed by atoms with van der Waals surface area (Å²) in [4.78, 5) is 0. The van der Waals surface area contributed by atoms with Crippen LogP contribution in [0.4, 0.5) is 0 Å². The highest BCUT2D eigenvalue weighted by atomic mass is 16.5. The predicted molar refractivity (Wildman–Crippen MR) is 54.3 cm³/mol. The molecular formula is C12H12O. The van der Waals surface area contributed by atoms with Gasteiger partial charge in [0.2, 0.25) is 0 Å². The molecule has 0 atom stereocenters. The van der Waals surface area contributed by atoms with Gasteiger partial charge < -0.3 is 4.74 Å². The lowest BCUT2D eigenvalue weighted by molar-refractivity contribution is 0.234. The number of hydrogen-bond acceptors (Lipinski definition) is 1. The molecule has 0 bridgehead atoms. The molecule has 0 amide bonds. The van der Waals surface area contributed by atoms with Gasteiger partial charge in [0.15, 0.2) is 0 Å². The van der Waals surface area contributed by atoms with Crippen molar-refractivity contribution in [1.82, 2.24) is 0 Å². The molecule has 0 saturated heterocycles.